The number of benzene rings is 2. The molecule has 0 bridgehead atoms. The number of carbonyl (C=O) groups is 2. The Balaban J connectivity index is 1.33. The summed E-state index contributed by atoms with van der Waals surface area (Å²) in [7, 11) is 0. The molecule has 38 heavy (non-hydrogen) atoms. The number of nitrogens with one attached hydrogen (secondary N) is 1. The van der Waals surface area contributed by atoms with Crippen molar-refractivity contribution in [2.75, 3.05) is 25.6 Å². The zero-order valence-corrected chi connectivity index (χ0v) is 21.8. The molecule has 0 radical (unpaired) electrons. The lowest BCUT2D eigenvalue weighted by Gasteiger charge is -2.26. The molecule has 2 atom stereocenters. The van der Waals surface area contributed by atoms with E-state index in [9.17, 15) is 14.7 Å². The quantitative estimate of drug-likeness (QED) is 0.422. The molecule has 0 saturated carbocycles. The van der Waals surface area contributed by atoms with Gasteiger partial charge in [0, 0.05) is 41.8 Å². The number of hydrogen-bond acceptors (Lipinski definition) is 7. The third-order valence-corrected chi connectivity index (χ3v) is 7.51. The van der Waals surface area contributed by atoms with Crippen LogP contribution in [0.4, 0.5) is 5.82 Å². The Labute approximate surface area is 226 Å². The van der Waals surface area contributed by atoms with Crippen LogP contribution in [-0.2, 0) is 16.1 Å². The van der Waals surface area contributed by atoms with Crippen LogP contribution < -0.4 is 11.1 Å². The minimum Gasteiger partial charge on any atom is -0.394 e. The van der Waals surface area contributed by atoms with Gasteiger partial charge in [-0.25, -0.2) is 9.97 Å². The van der Waals surface area contributed by atoms with E-state index in [4.69, 9.17) is 27.1 Å². The summed E-state index contributed by atoms with van der Waals surface area (Å²) in [6.07, 6.45) is 3.48. The Morgan fingerprint density at radius 2 is 2.05 bits per heavy atom. The van der Waals surface area contributed by atoms with Crippen LogP contribution in [0.1, 0.15) is 58.9 Å². The lowest BCUT2D eigenvalue weighted by Crippen LogP contribution is -2.46. The minimum absolute atomic E-state index is 0.250. The number of ether oxygens (including phenoxy) is 1. The maximum absolute atomic E-state index is 13.4. The number of carbonyl (C=O) groups excluding carboxylic acids is 2. The topological polar surface area (TPSA) is 131 Å². The number of halogens is 1. The predicted octanol–water partition coefficient (Wildman–Crippen LogP) is 3.47. The fourth-order valence-corrected chi connectivity index (χ4v) is 5.19. The average molecular weight is 536 g/mol. The van der Waals surface area contributed by atoms with Crippen LogP contribution in [0.15, 0.2) is 48.7 Å². The van der Waals surface area contributed by atoms with E-state index in [1.807, 2.05) is 12.1 Å². The molecular formula is C28H30ClN5O4. The van der Waals surface area contributed by atoms with Gasteiger partial charge in [-0.3, -0.25) is 9.59 Å². The number of aromatic nitrogens is 2. The lowest BCUT2D eigenvalue weighted by atomic mass is 9.96. The Kier molecular flexibility index (Phi) is 7.60. The van der Waals surface area contributed by atoms with E-state index in [0.717, 1.165) is 24.1 Å². The fraction of sp³-hybridized carbons (Fsp3) is 0.357. The van der Waals surface area contributed by atoms with Gasteiger partial charge < -0.3 is 25.8 Å². The molecule has 5 rings (SSSR count). The van der Waals surface area contributed by atoms with Gasteiger partial charge in [-0.05, 0) is 49.1 Å². The molecule has 2 aliphatic rings. The van der Waals surface area contributed by atoms with Gasteiger partial charge in [0.1, 0.15) is 17.6 Å². The van der Waals surface area contributed by atoms with Crippen molar-refractivity contribution in [3.8, 4) is 11.3 Å². The van der Waals surface area contributed by atoms with Crippen molar-refractivity contribution in [3.63, 3.8) is 0 Å². The predicted molar refractivity (Wildman–Crippen MR) is 143 cm³/mol. The number of rotatable bonds is 7. The van der Waals surface area contributed by atoms with Crippen molar-refractivity contribution >= 4 is 29.2 Å². The van der Waals surface area contributed by atoms with E-state index >= 15 is 0 Å². The third-order valence-electron chi connectivity index (χ3n) is 7.27. The van der Waals surface area contributed by atoms with Crippen molar-refractivity contribution in [2.24, 2.45) is 0 Å². The first kappa shape index (κ1) is 26.1. The number of nitrogen functional groups attached to an aromatic ring is 1. The fourth-order valence-electron chi connectivity index (χ4n) is 4.99. The molecule has 1 saturated heterocycles. The minimum atomic E-state index is -0.756. The smallest absolute Gasteiger partial charge is 0.255 e. The number of hydrogen-bond donors (Lipinski definition) is 3. The standard InChI is InChI=1S/C28H30ClN5O4/c1-16(27(36)33-24(15-35)18-3-2-4-21(29)11-18)34-14-20-6-5-19(12-22(20)28(34)37)25-26(30)31-13-23(32-25)17-7-9-38-10-8-17/h2-6,11-13,16-17,24,35H,7-10,14-15H2,1H3,(H2,30,31)(H,33,36)/t16?,24-/m1/s1. The maximum atomic E-state index is 13.4. The zero-order chi connectivity index (χ0) is 26.8. The normalized spacial score (nSPS) is 17.2. The highest BCUT2D eigenvalue weighted by atomic mass is 35.5. The Bertz CT molecular complexity index is 1360. The molecule has 1 fully saturated rings. The molecule has 3 heterocycles. The third kappa shape index (κ3) is 5.22. The largest absolute Gasteiger partial charge is 0.394 e. The summed E-state index contributed by atoms with van der Waals surface area (Å²) in [4.78, 5) is 37.2. The maximum Gasteiger partial charge on any atom is 0.255 e. The second kappa shape index (κ2) is 11.1. The Hall–Kier alpha value is -3.53. The van der Waals surface area contributed by atoms with Crippen LogP contribution in [0, 0.1) is 0 Å². The summed E-state index contributed by atoms with van der Waals surface area (Å²) in [5, 5.41) is 13.2. The second-order valence-electron chi connectivity index (χ2n) is 9.70. The molecule has 2 aliphatic heterocycles. The first-order chi connectivity index (χ1) is 18.4. The highest BCUT2D eigenvalue weighted by Gasteiger charge is 2.35. The summed E-state index contributed by atoms with van der Waals surface area (Å²) in [6, 6.07) is 11.1. The van der Waals surface area contributed by atoms with Gasteiger partial charge in [0.05, 0.1) is 24.5 Å². The molecule has 3 aromatic rings. The van der Waals surface area contributed by atoms with E-state index in [0.29, 0.717) is 53.0 Å². The van der Waals surface area contributed by atoms with Crippen molar-refractivity contribution in [1.82, 2.24) is 20.2 Å². The van der Waals surface area contributed by atoms with E-state index < -0.39 is 12.1 Å². The van der Waals surface area contributed by atoms with Gasteiger partial charge in [-0.1, -0.05) is 35.9 Å². The molecule has 10 heteroatoms. The van der Waals surface area contributed by atoms with Crippen molar-refractivity contribution in [3.05, 3.63) is 76.1 Å². The molecule has 1 aromatic heterocycles. The molecule has 9 nitrogen and oxygen atoms in total. The molecular weight excluding hydrogens is 506 g/mol. The highest BCUT2D eigenvalue weighted by molar-refractivity contribution is 6.30. The Morgan fingerprint density at radius 3 is 2.79 bits per heavy atom. The van der Waals surface area contributed by atoms with E-state index in [1.165, 1.54) is 4.90 Å². The van der Waals surface area contributed by atoms with Gasteiger partial charge in [0.15, 0.2) is 0 Å². The van der Waals surface area contributed by atoms with E-state index in [1.54, 1.807) is 43.5 Å². The lowest BCUT2D eigenvalue weighted by molar-refractivity contribution is -0.126. The molecule has 2 amide bonds. The van der Waals surface area contributed by atoms with Gasteiger partial charge in [-0.2, -0.15) is 0 Å². The summed E-state index contributed by atoms with van der Waals surface area (Å²) >= 11 is 6.07. The van der Waals surface area contributed by atoms with Gasteiger partial charge in [-0.15, -0.1) is 0 Å². The number of amides is 2. The highest BCUT2D eigenvalue weighted by Crippen LogP contribution is 2.33. The second-order valence-corrected chi connectivity index (χ2v) is 10.1. The van der Waals surface area contributed by atoms with Crippen LogP contribution in [0.3, 0.4) is 0 Å². The van der Waals surface area contributed by atoms with Crippen LogP contribution in [0.2, 0.25) is 5.02 Å². The van der Waals surface area contributed by atoms with Crippen molar-refractivity contribution < 1.29 is 19.4 Å². The molecule has 198 valence electrons. The number of aliphatic hydroxyl groups excluding tert-OH is 1. The molecule has 0 aliphatic carbocycles. The van der Waals surface area contributed by atoms with Crippen LogP contribution in [-0.4, -0.2) is 57.7 Å². The van der Waals surface area contributed by atoms with E-state index in [2.05, 4.69) is 10.3 Å². The summed E-state index contributed by atoms with van der Waals surface area (Å²) in [5.41, 5.74) is 10.3. The number of nitrogens with zero attached hydrogens (tertiary/aromatic N) is 3. The van der Waals surface area contributed by atoms with Crippen LogP contribution >= 0.6 is 11.6 Å². The number of aliphatic hydroxyl groups is 1. The van der Waals surface area contributed by atoms with Crippen molar-refractivity contribution in [2.45, 2.75) is 44.3 Å². The van der Waals surface area contributed by atoms with Gasteiger partial charge in [0.25, 0.3) is 5.91 Å². The van der Waals surface area contributed by atoms with Crippen LogP contribution in [0.5, 0.6) is 0 Å². The van der Waals surface area contributed by atoms with Crippen molar-refractivity contribution in [1.29, 1.82) is 0 Å². The van der Waals surface area contributed by atoms with Gasteiger partial charge in [0.2, 0.25) is 5.91 Å². The number of anilines is 1. The number of nitrogens with two attached hydrogens (primary N) is 1. The Morgan fingerprint density at radius 1 is 1.26 bits per heavy atom. The number of fused-ring (bicyclic) bond motifs is 1. The summed E-state index contributed by atoms with van der Waals surface area (Å²) < 4.78 is 5.46. The monoisotopic (exact) mass is 535 g/mol. The molecule has 0 spiro atoms. The summed E-state index contributed by atoms with van der Waals surface area (Å²) in [6.45, 7) is 3.06. The van der Waals surface area contributed by atoms with Crippen LogP contribution in [0.25, 0.3) is 11.3 Å². The first-order valence-electron chi connectivity index (χ1n) is 12.7. The molecule has 4 N–H and O–H groups in total. The van der Waals surface area contributed by atoms with Gasteiger partial charge >= 0.3 is 0 Å². The molecule has 2 aromatic carbocycles. The zero-order valence-electron chi connectivity index (χ0n) is 21.1. The molecule has 1 unspecified atom stereocenters. The SMILES string of the molecule is CC(C(=O)N[C@H](CO)c1cccc(Cl)c1)N1Cc2ccc(-c3nc(C4CCOCC4)cnc3N)cc2C1=O. The summed E-state index contributed by atoms with van der Waals surface area (Å²) in [5.74, 6) is -0.0624. The average Bonchev–Trinajstić information content (AvgIpc) is 3.27. The first-order valence-corrected chi connectivity index (χ1v) is 13.0. The van der Waals surface area contributed by atoms with E-state index in [-0.39, 0.29) is 24.3 Å².